The van der Waals surface area contributed by atoms with Crippen molar-refractivity contribution in [2.75, 3.05) is 0 Å². The van der Waals surface area contributed by atoms with Crippen LogP contribution in [0.25, 0.3) is 0 Å². The van der Waals surface area contributed by atoms with Crippen molar-refractivity contribution < 1.29 is 5.11 Å². The highest BCUT2D eigenvalue weighted by Crippen LogP contribution is 2.67. The first-order chi connectivity index (χ1) is 14.5. The number of aliphatic hydroxyl groups excluding tert-OH is 1. The summed E-state index contributed by atoms with van der Waals surface area (Å²) >= 11 is 0. The number of unbranched alkanes of at least 4 members (excludes halogenated alkanes) is 1. The van der Waals surface area contributed by atoms with Gasteiger partial charge in [0.1, 0.15) is 0 Å². The van der Waals surface area contributed by atoms with Crippen LogP contribution in [0.4, 0.5) is 0 Å². The summed E-state index contributed by atoms with van der Waals surface area (Å²) < 4.78 is 0. The van der Waals surface area contributed by atoms with Crippen molar-refractivity contribution in [2.24, 2.45) is 40.4 Å². The van der Waals surface area contributed by atoms with Gasteiger partial charge in [0.05, 0.1) is 6.10 Å². The zero-order valence-corrected chi connectivity index (χ0v) is 19.5. The SMILES string of the molecule is CC12CCC(O)CC1CCC1C2CCC2(C)C1CC[C@@H]2CCCCc1ccccc1. The van der Waals surface area contributed by atoms with Gasteiger partial charge < -0.3 is 5.11 Å². The predicted molar refractivity (Wildman–Crippen MR) is 125 cm³/mol. The Kier molecular flexibility index (Phi) is 5.80. The minimum absolute atomic E-state index is 0.0137. The lowest BCUT2D eigenvalue weighted by Gasteiger charge is -2.61. The molecule has 166 valence electrons. The molecular formula is C29H44O. The second-order valence-electron chi connectivity index (χ2n) is 12.1. The molecule has 0 heterocycles. The quantitative estimate of drug-likeness (QED) is 0.503. The fraction of sp³-hybridized carbons (Fsp3) is 0.793. The number of aryl methyl sites for hydroxylation is 1. The van der Waals surface area contributed by atoms with Crippen LogP contribution in [0.1, 0.15) is 96.5 Å². The molecule has 0 radical (unpaired) electrons. The molecule has 4 aliphatic rings. The monoisotopic (exact) mass is 408 g/mol. The minimum atomic E-state index is -0.0137. The minimum Gasteiger partial charge on any atom is -0.393 e. The highest BCUT2D eigenvalue weighted by molar-refractivity contribution is 5.14. The number of hydrogen-bond acceptors (Lipinski definition) is 1. The van der Waals surface area contributed by atoms with Crippen molar-refractivity contribution in [1.82, 2.24) is 0 Å². The van der Waals surface area contributed by atoms with Crippen LogP contribution in [0.5, 0.6) is 0 Å². The summed E-state index contributed by atoms with van der Waals surface area (Å²) in [5.74, 6) is 4.67. The molecule has 1 N–H and O–H groups in total. The van der Waals surface area contributed by atoms with Gasteiger partial charge in [0.15, 0.2) is 0 Å². The maximum Gasteiger partial charge on any atom is 0.0543 e. The second-order valence-corrected chi connectivity index (χ2v) is 12.1. The van der Waals surface area contributed by atoms with E-state index in [0.29, 0.717) is 10.8 Å². The van der Waals surface area contributed by atoms with Crippen LogP contribution < -0.4 is 0 Å². The molecule has 0 amide bonds. The molecule has 1 heteroatoms. The van der Waals surface area contributed by atoms with Gasteiger partial charge in [0.2, 0.25) is 0 Å². The lowest BCUT2D eigenvalue weighted by molar-refractivity contribution is -0.127. The molecule has 0 aliphatic heterocycles. The topological polar surface area (TPSA) is 20.2 Å². The highest BCUT2D eigenvalue weighted by Gasteiger charge is 2.59. The zero-order valence-electron chi connectivity index (χ0n) is 19.5. The van der Waals surface area contributed by atoms with Gasteiger partial charge in [0.25, 0.3) is 0 Å². The zero-order chi connectivity index (χ0) is 20.8. The molecule has 1 aromatic rings. The Hall–Kier alpha value is -0.820. The maximum absolute atomic E-state index is 10.3. The Bertz CT molecular complexity index is 712. The molecule has 7 unspecified atom stereocenters. The lowest BCUT2D eigenvalue weighted by atomic mass is 9.44. The van der Waals surface area contributed by atoms with Crippen LogP contribution in [0, 0.1) is 40.4 Å². The van der Waals surface area contributed by atoms with Gasteiger partial charge in [-0.15, -0.1) is 0 Å². The molecule has 4 fully saturated rings. The number of rotatable bonds is 5. The van der Waals surface area contributed by atoms with Gasteiger partial charge in [0, 0.05) is 0 Å². The standard InChI is InChI=1S/C29H44O/c1-28-19-17-27-25(14-12-23-20-24(30)16-18-29(23,27)2)26(28)15-13-22(28)11-7-6-10-21-8-4-3-5-9-21/h3-5,8-9,22-27,30H,6-7,10-20H2,1-2H3/t22-,23?,24?,25?,26?,27?,28?,29?/m0/s1. The van der Waals surface area contributed by atoms with Crippen LogP contribution in [0.2, 0.25) is 0 Å². The van der Waals surface area contributed by atoms with Crippen LogP contribution in [-0.4, -0.2) is 11.2 Å². The van der Waals surface area contributed by atoms with E-state index >= 15 is 0 Å². The molecule has 4 aliphatic carbocycles. The lowest BCUT2D eigenvalue weighted by Crippen LogP contribution is -2.53. The van der Waals surface area contributed by atoms with Gasteiger partial charge >= 0.3 is 0 Å². The highest BCUT2D eigenvalue weighted by atomic mass is 16.3. The van der Waals surface area contributed by atoms with E-state index in [1.807, 2.05) is 0 Å². The Morgan fingerprint density at radius 3 is 2.43 bits per heavy atom. The first kappa shape index (κ1) is 21.0. The van der Waals surface area contributed by atoms with E-state index in [1.54, 1.807) is 0 Å². The van der Waals surface area contributed by atoms with Crippen LogP contribution in [0.15, 0.2) is 30.3 Å². The molecule has 0 aromatic heterocycles. The molecule has 0 saturated heterocycles. The van der Waals surface area contributed by atoms with Crippen molar-refractivity contribution in [1.29, 1.82) is 0 Å². The van der Waals surface area contributed by atoms with Crippen LogP contribution >= 0.6 is 0 Å². The molecule has 5 rings (SSSR count). The molecular weight excluding hydrogens is 364 g/mol. The maximum atomic E-state index is 10.3. The van der Waals surface area contributed by atoms with E-state index in [0.717, 1.165) is 42.4 Å². The van der Waals surface area contributed by atoms with Crippen LogP contribution in [-0.2, 0) is 6.42 Å². The molecule has 8 atom stereocenters. The van der Waals surface area contributed by atoms with Crippen LogP contribution in [0.3, 0.4) is 0 Å². The van der Waals surface area contributed by atoms with Crippen molar-refractivity contribution in [3.63, 3.8) is 0 Å². The molecule has 1 nitrogen and oxygen atoms in total. The molecule has 0 spiro atoms. The third kappa shape index (κ3) is 3.58. The van der Waals surface area contributed by atoms with Gasteiger partial charge in [-0.25, -0.2) is 0 Å². The number of aliphatic hydroxyl groups is 1. The summed E-state index contributed by atoms with van der Waals surface area (Å²) in [6.07, 6.45) is 17.7. The summed E-state index contributed by atoms with van der Waals surface area (Å²) in [5, 5.41) is 10.3. The van der Waals surface area contributed by atoms with E-state index in [1.165, 1.54) is 76.2 Å². The van der Waals surface area contributed by atoms with Gasteiger partial charge in [-0.1, -0.05) is 50.6 Å². The molecule has 1 aromatic carbocycles. The fourth-order valence-electron chi connectivity index (χ4n) is 9.18. The third-order valence-electron chi connectivity index (χ3n) is 10.9. The smallest absolute Gasteiger partial charge is 0.0543 e. The average Bonchev–Trinajstić information content (AvgIpc) is 3.09. The normalized spacial score (nSPS) is 45.4. The summed E-state index contributed by atoms with van der Waals surface area (Å²) in [7, 11) is 0. The number of hydrogen-bond donors (Lipinski definition) is 1. The van der Waals surface area contributed by atoms with Gasteiger partial charge in [-0.2, -0.15) is 0 Å². The van der Waals surface area contributed by atoms with Crippen molar-refractivity contribution in [2.45, 2.75) is 103 Å². The number of fused-ring (bicyclic) bond motifs is 5. The summed E-state index contributed by atoms with van der Waals surface area (Å²) in [6.45, 7) is 5.32. The average molecular weight is 409 g/mol. The Labute approximate surface area is 185 Å². The summed E-state index contributed by atoms with van der Waals surface area (Å²) in [5.41, 5.74) is 2.65. The Morgan fingerprint density at radius 2 is 1.60 bits per heavy atom. The van der Waals surface area contributed by atoms with E-state index in [2.05, 4.69) is 44.2 Å². The van der Waals surface area contributed by atoms with Crippen molar-refractivity contribution in [3.05, 3.63) is 35.9 Å². The van der Waals surface area contributed by atoms with E-state index < -0.39 is 0 Å². The summed E-state index contributed by atoms with van der Waals surface area (Å²) in [4.78, 5) is 0. The first-order valence-electron chi connectivity index (χ1n) is 13.2. The molecule has 0 bridgehead atoms. The number of benzene rings is 1. The van der Waals surface area contributed by atoms with E-state index in [-0.39, 0.29) is 6.10 Å². The molecule has 30 heavy (non-hydrogen) atoms. The van der Waals surface area contributed by atoms with E-state index in [4.69, 9.17) is 0 Å². The largest absolute Gasteiger partial charge is 0.393 e. The third-order valence-corrected chi connectivity index (χ3v) is 10.9. The second kappa shape index (κ2) is 8.27. The summed E-state index contributed by atoms with van der Waals surface area (Å²) in [6, 6.07) is 11.1. The van der Waals surface area contributed by atoms with Crippen molar-refractivity contribution >= 4 is 0 Å². The van der Waals surface area contributed by atoms with E-state index in [9.17, 15) is 5.11 Å². The van der Waals surface area contributed by atoms with Crippen molar-refractivity contribution in [3.8, 4) is 0 Å². The fourth-order valence-corrected chi connectivity index (χ4v) is 9.18. The molecule has 4 saturated carbocycles. The first-order valence-corrected chi connectivity index (χ1v) is 13.2. The van der Waals surface area contributed by atoms with Gasteiger partial charge in [-0.05, 0) is 123 Å². The Morgan fingerprint density at radius 1 is 0.833 bits per heavy atom. The van der Waals surface area contributed by atoms with Gasteiger partial charge in [-0.3, -0.25) is 0 Å². The Balaban J connectivity index is 1.21. The predicted octanol–water partition coefficient (Wildman–Crippen LogP) is 7.42.